The average molecular weight is 260 g/mol. The molecule has 78 valence electrons. The van der Waals surface area contributed by atoms with E-state index in [1.165, 1.54) is 27.8 Å². The van der Waals surface area contributed by atoms with Gasteiger partial charge in [-0.25, -0.2) is 0 Å². The molecule has 0 saturated carbocycles. The van der Waals surface area contributed by atoms with Crippen LogP contribution in [0.15, 0.2) is 38.9 Å². The van der Waals surface area contributed by atoms with Crippen LogP contribution in [0.1, 0.15) is 0 Å². The Labute approximate surface area is 99.8 Å². The summed E-state index contributed by atoms with van der Waals surface area (Å²) >= 11 is 5.87. The molecule has 0 N–H and O–H groups in total. The van der Waals surface area contributed by atoms with Gasteiger partial charge in [-0.3, -0.25) is 4.79 Å². The standard InChI is InChI=1S/C9H6ClNO2S2/c1-13-5-2-3-7(12)6(4-5)8-9(10)11-15-14-8/h2-4H,1H3. The number of rotatable bonds is 1. The van der Waals surface area contributed by atoms with Crippen molar-refractivity contribution >= 4 is 44.3 Å². The van der Waals surface area contributed by atoms with Gasteiger partial charge in [-0.1, -0.05) is 11.6 Å². The molecule has 1 aliphatic carbocycles. The van der Waals surface area contributed by atoms with Crippen LogP contribution in [0.25, 0.3) is 0 Å². The lowest BCUT2D eigenvalue weighted by Gasteiger charge is -2.09. The normalized spacial score (nSPS) is 25.3. The van der Waals surface area contributed by atoms with Gasteiger partial charge in [-0.2, -0.15) is 4.40 Å². The molecule has 0 radical (unpaired) electrons. The van der Waals surface area contributed by atoms with E-state index >= 15 is 0 Å². The molecule has 0 atom stereocenters. The number of ketones is 1. The predicted octanol–water partition coefficient (Wildman–Crippen LogP) is 2.86. The molecule has 0 aromatic rings. The summed E-state index contributed by atoms with van der Waals surface area (Å²) in [6.07, 6.45) is 4.77. The zero-order chi connectivity index (χ0) is 10.8. The Bertz CT molecular complexity index is 437. The number of ether oxygens (including phenoxy) is 1. The van der Waals surface area contributed by atoms with Crippen molar-refractivity contribution in [2.45, 2.75) is 0 Å². The maximum Gasteiger partial charge on any atom is 0.187 e. The van der Waals surface area contributed by atoms with Crippen LogP contribution in [0.5, 0.6) is 0 Å². The molecule has 2 rings (SSSR count). The van der Waals surface area contributed by atoms with Gasteiger partial charge in [0.25, 0.3) is 0 Å². The van der Waals surface area contributed by atoms with E-state index in [0.29, 0.717) is 21.4 Å². The molecule has 0 spiro atoms. The number of carbonyl (C=O) groups excluding carboxylic acids is 1. The minimum atomic E-state index is -0.0749. The smallest absolute Gasteiger partial charge is 0.187 e. The van der Waals surface area contributed by atoms with E-state index in [-0.39, 0.29) is 5.78 Å². The summed E-state index contributed by atoms with van der Waals surface area (Å²) in [6.45, 7) is 0. The van der Waals surface area contributed by atoms with Crippen molar-refractivity contribution in [2.24, 2.45) is 4.40 Å². The molecule has 0 saturated heterocycles. The van der Waals surface area contributed by atoms with Crippen LogP contribution >= 0.6 is 33.4 Å². The summed E-state index contributed by atoms with van der Waals surface area (Å²) in [7, 11) is 4.20. The van der Waals surface area contributed by atoms with Crippen LogP contribution < -0.4 is 0 Å². The fourth-order valence-corrected chi connectivity index (χ4v) is 3.47. The zero-order valence-corrected chi connectivity index (χ0v) is 10.1. The summed E-state index contributed by atoms with van der Waals surface area (Å²) in [5.41, 5.74) is 0.540. The van der Waals surface area contributed by atoms with Crippen LogP contribution in [-0.2, 0) is 9.53 Å². The van der Waals surface area contributed by atoms with Gasteiger partial charge in [0.15, 0.2) is 11.0 Å². The van der Waals surface area contributed by atoms with E-state index in [2.05, 4.69) is 4.40 Å². The largest absolute Gasteiger partial charge is 0.497 e. The molecule has 6 heteroatoms. The Kier molecular flexibility index (Phi) is 3.23. The number of nitrogens with zero attached hydrogens (tertiary/aromatic N) is 1. The number of carbonyl (C=O) groups is 1. The molecule has 3 nitrogen and oxygen atoms in total. The van der Waals surface area contributed by atoms with Gasteiger partial charge in [0.2, 0.25) is 0 Å². The Hall–Kier alpha value is -0.650. The Morgan fingerprint density at radius 3 is 2.87 bits per heavy atom. The summed E-state index contributed by atoms with van der Waals surface area (Å²) in [5.74, 6) is 0.563. The zero-order valence-electron chi connectivity index (χ0n) is 7.69. The molecule has 0 fully saturated rings. The van der Waals surface area contributed by atoms with Crippen molar-refractivity contribution in [3.8, 4) is 0 Å². The highest BCUT2D eigenvalue weighted by Crippen LogP contribution is 2.43. The van der Waals surface area contributed by atoms with E-state index in [4.69, 9.17) is 16.3 Å². The molecular weight excluding hydrogens is 254 g/mol. The summed E-state index contributed by atoms with van der Waals surface area (Å²) in [4.78, 5) is 12.3. The third kappa shape index (κ3) is 2.14. The van der Waals surface area contributed by atoms with Crippen LogP contribution in [0.3, 0.4) is 0 Å². The summed E-state index contributed by atoms with van der Waals surface area (Å²) < 4.78 is 8.99. The van der Waals surface area contributed by atoms with Crippen molar-refractivity contribution in [3.63, 3.8) is 0 Å². The second-order valence-corrected chi connectivity index (χ2v) is 4.94. The maximum absolute atomic E-state index is 11.6. The lowest BCUT2D eigenvalue weighted by molar-refractivity contribution is -0.111. The van der Waals surface area contributed by atoms with Crippen molar-refractivity contribution in [2.75, 3.05) is 7.11 Å². The van der Waals surface area contributed by atoms with Crippen LogP contribution in [0, 0.1) is 0 Å². The van der Waals surface area contributed by atoms with Gasteiger partial charge in [-0.15, -0.1) is 0 Å². The van der Waals surface area contributed by atoms with Crippen LogP contribution in [-0.4, -0.2) is 18.1 Å². The third-order valence-electron chi connectivity index (χ3n) is 1.86. The highest BCUT2D eigenvalue weighted by atomic mass is 35.5. The van der Waals surface area contributed by atoms with E-state index in [9.17, 15) is 4.79 Å². The van der Waals surface area contributed by atoms with Gasteiger partial charge < -0.3 is 4.74 Å². The van der Waals surface area contributed by atoms with E-state index in [0.717, 1.165) is 0 Å². The monoisotopic (exact) mass is 259 g/mol. The van der Waals surface area contributed by atoms with Crippen molar-refractivity contribution in [3.05, 3.63) is 34.5 Å². The van der Waals surface area contributed by atoms with Crippen LogP contribution in [0.2, 0.25) is 0 Å². The predicted molar refractivity (Wildman–Crippen MR) is 64.7 cm³/mol. The lowest BCUT2D eigenvalue weighted by Crippen LogP contribution is -2.06. The molecule has 1 aliphatic heterocycles. The number of hydrogen-bond donors (Lipinski definition) is 0. The molecule has 0 bridgehead atoms. The number of halogens is 1. The second kappa shape index (κ2) is 4.47. The minimum Gasteiger partial charge on any atom is -0.497 e. The van der Waals surface area contributed by atoms with Crippen molar-refractivity contribution in [1.82, 2.24) is 0 Å². The number of methoxy groups -OCH3 is 1. The first-order valence-corrected chi connectivity index (χ1v) is 6.51. The molecule has 0 amide bonds. The molecule has 2 aliphatic rings. The molecule has 1 heterocycles. The fourth-order valence-electron chi connectivity index (χ4n) is 1.13. The second-order valence-electron chi connectivity index (χ2n) is 2.73. The Morgan fingerprint density at radius 2 is 2.27 bits per heavy atom. The highest BCUT2D eigenvalue weighted by Gasteiger charge is 2.23. The molecule has 15 heavy (non-hydrogen) atoms. The molecule has 0 aromatic heterocycles. The summed E-state index contributed by atoms with van der Waals surface area (Å²) in [5, 5.41) is 0.371. The van der Waals surface area contributed by atoms with Gasteiger partial charge in [-0.05, 0) is 29.0 Å². The van der Waals surface area contributed by atoms with E-state index in [1.807, 2.05) is 0 Å². The van der Waals surface area contributed by atoms with Gasteiger partial charge >= 0.3 is 0 Å². The van der Waals surface area contributed by atoms with Crippen LogP contribution in [0.4, 0.5) is 0 Å². The minimum absolute atomic E-state index is 0.0749. The number of allylic oxidation sites excluding steroid dienone is 5. The van der Waals surface area contributed by atoms with Crippen molar-refractivity contribution in [1.29, 1.82) is 0 Å². The number of hydrogen-bond acceptors (Lipinski definition) is 5. The SMILES string of the molecule is COC1=CC(=C2SSN=C2Cl)C(=O)C=C1. The third-order valence-corrected chi connectivity index (χ3v) is 4.20. The Morgan fingerprint density at radius 1 is 1.47 bits per heavy atom. The first-order chi connectivity index (χ1) is 7.22. The summed E-state index contributed by atoms with van der Waals surface area (Å²) in [6, 6.07) is 0. The van der Waals surface area contributed by atoms with E-state index in [1.54, 1.807) is 19.3 Å². The topological polar surface area (TPSA) is 38.7 Å². The van der Waals surface area contributed by atoms with Crippen molar-refractivity contribution < 1.29 is 9.53 Å². The van der Waals surface area contributed by atoms with Gasteiger partial charge in [0, 0.05) is 5.57 Å². The molecule has 0 unspecified atom stereocenters. The van der Waals surface area contributed by atoms with Gasteiger partial charge in [0.05, 0.1) is 23.0 Å². The maximum atomic E-state index is 11.6. The first-order valence-electron chi connectivity index (χ1n) is 4.02. The first kappa shape index (κ1) is 10.9. The average Bonchev–Trinajstić information content (AvgIpc) is 2.65. The molecular formula is C9H6ClNO2S2. The molecule has 0 aromatic carbocycles. The lowest BCUT2D eigenvalue weighted by atomic mass is 10.1. The highest BCUT2D eigenvalue weighted by molar-refractivity contribution is 8.78. The Balaban J connectivity index is 2.44. The fraction of sp³-hybridized carbons (Fsp3) is 0.111. The van der Waals surface area contributed by atoms with E-state index < -0.39 is 0 Å². The van der Waals surface area contributed by atoms with Gasteiger partial charge in [0.1, 0.15) is 5.76 Å². The quantitative estimate of drug-likeness (QED) is 0.412.